The summed E-state index contributed by atoms with van der Waals surface area (Å²) in [6.45, 7) is 1.25. The number of carbonyl (C=O) groups is 1. The normalized spacial score (nSPS) is 25.2. The monoisotopic (exact) mass is 368 g/mol. The zero-order chi connectivity index (χ0) is 23.2. The molecule has 126 valence electrons. The molecule has 0 amide bonds. The first-order chi connectivity index (χ1) is 13.7. The van der Waals surface area contributed by atoms with Crippen molar-refractivity contribution in [2.45, 2.75) is 31.4 Å². The van der Waals surface area contributed by atoms with Crippen molar-refractivity contribution < 1.29 is 32.0 Å². The van der Waals surface area contributed by atoms with Crippen molar-refractivity contribution in [3.63, 3.8) is 0 Å². The second-order valence-corrected chi connectivity index (χ2v) is 6.58. The number of nitrogens with one attached hydrogen (secondary N) is 1. The van der Waals surface area contributed by atoms with Crippen LogP contribution in [0.25, 0.3) is 0 Å². The van der Waals surface area contributed by atoms with E-state index >= 15 is 0 Å². The summed E-state index contributed by atoms with van der Waals surface area (Å²) in [4.78, 5) is 12.3. The largest absolute Gasteiger partial charge is 0.463 e. The fourth-order valence-electron chi connectivity index (χ4n) is 1.88. The van der Waals surface area contributed by atoms with E-state index in [1.165, 1.54) is 6.92 Å². The maximum Gasteiger partial charge on any atom is 0.335 e. The van der Waals surface area contributed by atoms with Gasteiger partial charge in [0.25, 0.3) is 0 Å². The summed E-state index contributed by atoms with van der Waals surface area (Å²) < 4.78 is 98.9. The standard InChI is InChI=1S/C15H17ClFNO4S/c1-2-22-15(19)11-5-3-4-6-14(11)23(20,21)18-13-8-7-10(17)9-12(13)16/h5,7-9,14,18H,2-4,6H2,1H3/t14-/m1/s1/i3D2,5D,7D,8D,9D/hD. The highest BCUT2D eigenvalue weighted by molar-refractivity contribution is 7.93. The molecule has 1 aliphatic rings. The Balaban J connectivity index is 2.69. The van der Waals surface area contributed by atoms with Gasteiger partial charge in [0.1, 0.15) is 11.1 Å². The van der Waals surface area contributed by atoms with E-state index in [0.717, 1.165) is 0 Å². The molecule has 5 nitrogen and oxygen atoms in total. The van der Waals surface area contributed by atoms with E-state index in [0.29, 0.717) is 0 Å². The average molecular weight is 369 g/mol. The Hall–Kier alpha value is -1.60. The summed E-state index contributed by atoms with van der Waals surface area (Å²) in [5.41, 5.74) is -1.76. The van der Waals surface area contributed by atoms with Gasteiger partial charge in [-0.2, -0.15) is 0 Å². The first-order valence-corrected chi connectivity index (χ1v) is 8.44. The molecule has 8 heteroatoms. The Morgan fingerprint density at radius 3 is 3.09 bits per heavy atom. The SMILES string of the molecule is [2H]C1=C(C(=O)OCC)[C@H](S(=O)(=O)N([2H])c2c([2H])c([2H])c(F)c([2H])c2Cl)CCC1([2H])[2H]. The van der Waals surface area contributed by atoms with Gasteiger partial charge < -0.3 is 4.74 Å². The van der Waals surface area contributed by atoms with Gasteiger partial charge in [-0.1, -0.05) is 17.7 Å². The Morgan fingerprint density at radius 2 is 2.39 bits per heavy atom. The minimum Gasteiger partial charge on any atom is -0.463 e. The van der Waals surface area contributed by atoms with Gasteiger partial charge in [0.2, 0.25) is 10.0 Å². The van der Waals surface area contributed by atoms with Gasteiger partial charge >= 0.3 is 5.97 Å². The van der Waals surface area contributed by atoms with Gasteiger partial charge in [0.05, 0.1) is 28.4 Å². The minimum absolute atomic E-state index is 0.180. The molecule has 0 fully saturated rings. The van der Waals surface area contributed by atoms with Gasteiger partial charge in [-0.3, -0.25) is 4.72 Å². The van der Waals surface area contributed by atoms with E-state index in [9.17, 15) is 17.6 Å². The Kier molecular flexibility index (Phi) is 3.28. The third kappa shape index (κ3) is 4.23. The summed E-state index contributed by atoms with van der Waals surface area (Å²) in [6.07, 6.45) is -3.25. The molecule has 0 heterocycles. The molecule has 0 saturated heterocycles. The lowest BCUT2D eigenvalue weighted by atomic mass is 9.99. The average Bonchev–Trinajstić information content (AvgIpc) is 2.66. The van der Waals surface area contributed by atoms with Crippen molar-refractivity contribution in [3.05, 3.63) is 40.6 Å². The van der Waals surface area contributed by atoms with Crippen molar-refractivity contribution in [2.24, 2.45) is 0 Å². The van der Waals surface area contributed by atoms with Gasteiger partial charge in [-0.25, -0.2) is 17.6 Å². The number of esters is 1. The van der Waals surface area contributed by atoms with Crippen LogP contribution in [0.4, 0.5) is 10.1 Å². The molecule has 0 spiro atoms. The Morgan fingerprint density at radius 1 is 1.65 bits per heavy atom. The Labute approximate surface area is 149 Å². The van der Waals surface area contributed by atoms with Crippen LogP contribution in [0.5, 0.6) is 0 Å². The summed E-state index contributed by atoms with van der Waals surface area (Å²) in [5.74, 6) is -2.71. The van der Waals surface area contributed by atoms with Crippen LogP contribution in [0, 0.1) is 5.82 Å². The molecule has 0 aliphatic heterocycles. The van der Waals surface area contributed by atoms with Gasteiger partial charge in [0, 0.05) is 2.74 Å². The number of carbonyl (C=O) groups excluding carboxylic acids is 1. The fourth-order valence-corrected chi connectivity index (χ4v) is 3.49. The number of ether oxygens (including phenoxy) is 1. The molecule has 0 unspecified atom stereocenters. The zero-order valence-corrected chi connectivity index (χ0v) is 13.5. The molecule has 1 aromatic carbocycles. The first kappa shape index (κ1) is 10.3. The molecule has 1 N–H and O–H groups in total. The highest BCUT2D eigenvalue weighted by Crippen LogP contribution is 2.30. The number of hydrogen-bond donors (Lipinski definition) is 1. The maximum absolute atomic E-state index is 13.8. The lowest BCUT2D eigenvalue weighted by molar-refractivity contribution is -0.138. The third-order valence-electron chi connectivity index (χ3n) is 2.87. The molecule has 0 radical (unpaired) electrons. The number of allylic oxidation sites excluding steroid dienone is 1. The predicted octanol–water partition coefficient (Wildman–Crippen LogP) is 3.26. The fraction of sp³-hybridized carbons (Fsp3) is 0.400. The van der Waals surface area contributed by atoms with E-state index < -0.39 is 86.7 Å². The second kappa shape index (κ2) is 7.31. The van der Waals surface area contributed by atoms with Crippen molar-refractivity contribution >= 4 is 33.3 Å². The van der Waals surface area contributed by atoms with Crippen LogP contribution in [0.3, 0.4) is 0 Å². The second-order valence-electron chi connectivity index (χ2n) is 4.42. The topological polar surface area (TPSA) is 72.5 Å². The van der Waals surface area contributed by atoms with Crippen LogP contribution in [-0.4, -0.2) is 26.2 Å². The molecular formula is C15H17ClFNO4S. The molecule has 23 heavy (non-hydrogen) atoms. The molecule has 2 rings (SSSR count). The lowest BCUT2D eigenvalue weighted by Gasteiger charge is -2.24. The molecule has 1 aliphatic carbocycles. The van der Waals surface area contributed by atoms with Crippen LogP contribution >= 0.6 is 11.6 Å². The summed E-state index contributed by atoms with van der Waals surface area (Å²) >= 11 is 5.78. The van der Waals surface area contributed by atoms with Gasteiger partial charge in [0.15, 0.2) is 1.41 Å². The van der Waals surface area contributed by atoms with E-state index in [1.807, 2.05) is 0 Å². The Bertz CT molecular complexity index is 1010. The van der Waals surface area contributed by atoms with Gasteiger partial charge in [-0.15, -0.1) is 0 Å². The van der Waals surface area contributed by atoms with Crippen LogP contribution in [0.15, 0.2) is 29.8 Å². The maximum atomic E-state index is 13.8. The van der Waals surface area contributed by atoms with E-state index in [4.69, 9.17) is 26.0 Å². The first-order valence-electron chi connectivity index (χ1n) is 10.0. The number of benzene rings is 1. The molecule has 1 aromatic rings. The number of anilines is 1. The number of hydrogen-bond acceptors (Lipinski definition) is 4. The summed E-state index contributed by atoms with van der Waals surface area (Å²) in [6, 6.07) is -4.20. The molecule has 0 saturated carbocycles. The van der Waals surface area contributed by atoms with Crippen LogP contribution in [0.2, 0.25) is 6.43 Å². The van der Waals surface area contributed by atoms with Gasteiger partial charge in [-0.05, 0) is 44.3 Å². The summed E-state index contributed by atoms with van der Waals surface area (Å²) in [7, 11) is -4.94. The molecular weight excluding hydrogens is 345 g/mol. The lowest BCUT2D eigenvalue weighted by Crippen LogP contribution is -2.34. The van der Waals surface area contributed by atoms with Crippen molar-refractivity contribution in [3.8, 4) is 0 Å². The smallest absolute Gasteiger partial charge is 0.335 e. The van der Waals surface area contributed by atoms with E-state index in [1.54, 1.807) is 0 Å². The number of sulfonamides is 1. The van der Waals surface area contributed by atoms with E-state index in [2.05, 4.69) is 0 Å². The number of halogens is 2. The van der Waals surface area contributed by atoms with Crippen LogP contribution in [0.1, 0.15) is 34.4 Å². The van der Waals surface area contributed by atoms with Crippen LogP contribution < -0.4 is 4.72 Å². The van der Waals surface area contributed by atoms with Crippen molar-refractivity contribution in [1.29, 1.82) is 0 Å². The molecule has 1 atom stereocenters. The van der Waals surface area contributed by atoms with Crippen molar-refractivity contribution in [1.82, 2.24) is 0 Å². The van der Waals surface area contributed by atoms with E-state index in [-0.39, 0.29) is 11.3 Å². The zero-order valence-electron chi connectivity index (χ0n) is 18.9. The predicted molar refractivity (Wildman–Crippen MR) is 86.3 cm³/mol. The van der Waals surface area contributed by atoms with Crippen LogP contribution in [-0.2, 0) is 19.6 Å². The highest BCUT2D eigenvalue weighted by atomic mass is 35.5. The summed E-state index contributed by atoms with van der Waals surface area (Å²) in [5, 5.41) is -2.78. The van der Waals surface area contributed by atoms with Crippen molar-refractivity contribution in [2.75, 3.05) is 11.3 Å². The molecule has 0 bridgehead atoms. The highest BCUT2D eigenvalue weighted by Gasteiger charge is 2.35. The molecule has 0 aromatic heterocycles. The minimum atomic E-state index is -4.94. The quantitative estimate of drug-likeness (QED) is 0.809. The number of rotatable bonds is 5. The third-order valence-corrected chi connectivity index (χ3v) is 4.77.